The average Bonchev–Trinajstić information content (AvgIpc) is 3.28. The molecular formula is C19H17F6N3O3S2. The maximum Gasteiger partial charge on any atom is 0.430 e. The molecule has 1 aliphatic rings. The Morgan fingerprint density at radius 3 is 2.18 bits per heavy atom. The van der Waals surface area contributed by atoms with Gasteiger partial charge in [0.05, 0.1) is 0 Å². The van der Waals surface area contributed by atoms with Crippen molar-refractivity contribution in [3.8, 4) is 11.8 Å². The lowest BCUT2D eigenvalue weighted by atomic mass is 9.92. The van der Waals surface area contributed by atoms with Gasteiger partial charge in [0.2, 0.25) is 4.34 Å². The number of thiazole rings is 1. The quantitative estimate of drug-likeness (QED) is 0.502. The first-order chi connectivity index (χ1) is 15.2. The number of aromatic nitrogens is 1. The summed E-state index contributed by atoms with van der Waals surface area (Å²) in [7, 11) is -3.87. The highest BCUT2D eigenvalue weighted by molar-refractivity contribution is 7.91. The summed E-state index contributed by atoms with van der Waals surface area (Å²) in [5, 5.41) is 11.1. The number of anilines is 1. The fraction of sp³-hybridized carbons (Fsp3) is 0.421. The first-order valence-corrected chi connectivity index (χ1v) is 11.6. The van der Waals surface area contributed by atoms with E-state index in [-0.39, 0.29) is 29.7 Å². The second kappa shape index (κ2) is 8.79. The molecule has 0 amide bonds. The monoisotopic (exact) mass is 513 g/mol. The molecule has 1 fully saturated rings. The Kier molecular flexibility index (Phi) is 6.73. The van der Waals surface area contributed by atoms with Crippen LogP contribution in [0.3, 0.4) is 0 Å². The number of alkyl halides is 6. The molecule has 0 aliphatic carbocycles. The average molecular weight is 513 g/mol. The molecule has 0 bridgehead atoms. The van der Waals surface area contributed by atoms with E-state index in [9.17, 15) is 39.9 Å². The van der Waals surface area contributed by atoms with Gasteiger partial charge in [0.1, 0.15) is 6.04 Å². The zero-order valence-electron chi connectivity index (χ0n) is 16.9. The normalized spacial score (nSPS) is 18.7. The van der Waals surface area contributed by atoms with Crippen LogP contribution in [0.2, 0.25) is 0 Å². The number of aliphatic hydroxyl groups is 1. The number of sulfonamides is 1. The van der Waals surface area contributed by atoms with E-state index >= 15 is 0 Å². The summed E-state index contributed by atoms with van der Waals surface area (Å²) in [5.74, 6) is 5.47. The summed E-state index contributed by atoms with van der Waals surface area (Å²) in [4.78, 5) is 5.39. The van der Waals surface area contributed by atoms with Crippen molar-refractivity contribution in [2.24, 2.45) is 0 Å². The topological polar surface area (TPSA) is 73.7 Å². The summed E-state index contributed by atoms with van der Waals surface area (Å²) in [6.45, 7) is 1.51. The van der Waals surface area contributed by atoms with E-state index in [0.29, 0.717) is 12.1 Å². The van der Waals surface area contributed by atoms with E-state index in [0.717, 1.165) is 23.5 Å². The van der Waals surface area contributed by atoms with Crippen molar-refractivity contribution in [2.45, 2.75) is 35.3 Å². The third-order valence-corrected chi connectivity index (χ3v) is 8.11. The molecule has 14 heteroatoms. The van der Waals surface area contributed by atoms with Crippen molar-refractivity contribution in [2.75, 3.05) is 24.5 Å². The summed E-state index contributed by atoms with van der Waals surface area (Å²) < 4.78 is 105. The number of piperazine rings is 1. The van der Waals surface area contributed by atoms with Gasteiger partial charge in [-0.1, -0.05) is 18.1 Å². The Bertz CT molecular complexity index is 1120. The van der Waals surface area contributed by atoms with Gasteiger partial charge in [0.25, 0.3) is 15.6 Å². The van der Waals surface area contributed by atoms with Crippen LogP contribution in [-0.2, 0) is 15.6 Å². The highest BCUT2D eigenvalue weighted by Crippen LogP contribution is 2.50. The smallest absolute Gasteiger partial charge is 0.369 e. The second-order valence-electron chi connectivity index (χ2n) is 7.02. The van der Waals surface area contributed by atoms with Crippen LogP contribution in [0.1, 0.15) is 12.5 Å². The molecule has 180 valence electrons. The lowest BCUT2D eigenvalue weighted by Gasteiger charge is -2.40. The van der Waals surface area contributed by atoms with Crippen LogP contribution in [-0.4, -0.2) is 60.8 Å². The molecule has 1 N–H and O–H groups in total. The summed E-state index contributed by atoms with van der Waals surface area (Å²) in [5.41, 5.74) is -6.18. The van der Waals surface area contributed by atoms with Crippen molar-refractivity contribution in [3.63, 3.8) is 0 Å². The molecule has 0 radical (unpaired) electrons. The van der Waals surface area contributed by atoms with Gasteiger partial charge in [-0.25, -0.2) is 13.4 Å². The van der Waals surface area contributed by atoms with Gasteiger partial charge in [-0.15, -0.1) is 17.3 Å². The molecule has 1 aliphatic heterocycles. The van der Waals surface area contributed by atoms with Gasteiger partial charge in [-0.05, 0) is 19.1 Å². The number of benzene rings is 1. The molecule has 1 aromatic heterocycles. The number of hydrogen-bond donors (Lipinski definition) is 1. The lowest BCUT2D eigenvalue weighted by Crippen LogP contribution is -2.54. The van der Waals surface area contributed by atoms with E-state index in [4.69, 9.17) is 0 Å². The van der Waals surface area contributed by atoms with E-state index in [1.807, 2.05) is 0 Å². The van der Waals surface area contributed by atoms with Crippen molar-refractivity contribution < 1.29 is 39.9 Å². The van der Waals surface area contributed by atoms with Gasteiger partial charge in [-0.3, -0.25) is 0 Å². The van der Waals surface area contributed by atoms with Gasteiger partial charge < -0.3 is 10.0 Å². The standard InChI is InChI=1S/C19H17F6N3O3S2/c1-2-3-15-12-27(33(30,31)16-26-8-11-32-16)9-10-28(15)14-6-4-13(5-7-14)17(29,18(20,21)22)19(23,24)25/h4-8,11,15,29H,9-10,12H2,1H3/t15-/m1/s1. The van der Waals surface area contributed by atoms with Crippen molar-refractivity contribution in [1.29, 1.82) is 0 Å². The molecule has 6 nitrogen and oxygen atoms in total. The van der Waals surface area contributed by atoms with Crippen LogP contribution in [0.5, 0.6) is 0 Å². The molecule has 33 heavy (non-hydrogen) atoms. The highest BCUT2D eigenvalue weighted by atomic mass is 32.2. The maximum atomic E-state index is 13.1. The third kappa shape index (κ3) is 4.54. The zero-order chi connectivity index (χ0) is 24.7. The van der Waals surface area contributed by atoms with Crippen LogP contribution in [0.25, 0.3) is 0 Å². The van der Waals surface area contributed by atoms with Crippen LogP contribution in [0, 0.1) is 11.8 Å². The number of nitrogens with zero attached hydrogens (tertiary/aromatic N) is 3. The first kappa shape index (κ1) is 25.3. The van der Waals surface area contributed by atoms with Crippen LogP contribution in [0.4, 0.5) is 32.0 Å². The van der Waals surface area contributed by atoms with Crippen molar-refractivity contribution >= 4 is 27.0 Å². The van der Waals surface area contributed by atoms with E-state index in [1.165, 1.54) is 22.8 Å². The van der Waals surface area contributed by atoms with E-state index in [2.05, 4.69) is 16.8 Å². The fourth-order valence-corrected chi connectivity index (χ4v) is 5.81. The number of hydrogen-bond acceptors (Lipinski definition) is 6. The molecule has 0 spiro atoms. The highest BCUT2D eigenvalue weighted by Gasteiger charge is 2.71. The Hall–Kier alpha value is -2.34. The minimum absolute atomic E-state index is 0.000594. The van der Waals surface area contributed by atoms with Gasteiger partial charge in [-0.2, -0.15) is 30.6 Å². The van der Waals surface area contributed by atoms with Gasteiger partial charge in [0, 0.05) is 42.5 Å². The van der Waals surface area contributed by atoms with Gasteiger partial charge in [0.15, 0.2) is 0 Å². The Labute approximate surface area is 189 Å². The lowest BCUT2D eigenvalue weighted by molar-refractivity contribution is -0.376. The molecule has 2 aromatic rings. The van der Waals surface area contributed by atoms with Gasteiger partial charge >= 0.3 is 12.4 Å². The molecule has 1 aromatic carbocycles. The Morgan fingerprint density at radius 2 is 1.70 bits per heavy atom. The predicted molar refractivity (Wildman–Crippen MR) is 108 cm³/mol. The molecule has 0 unspecified atom stereocenters. The third-order valence-electron chi connectivity index (χ3n) is 5.06. The summed E-state index contributed by atoms with van der Waals surface area (Å²) >= 11 is 0.945. The predicted octanol–water partition coefficient (Wildman–Crippen LogP) is 3.36. The molecule has 1 saturated heterocycles. The SMILES string of the molecule is CC#C[C@@H]1CN(S(=O)(=O)c2nccs2)CCN1c1ccc(C(O)(C(F)(F)F)C(F)(F)F)cc1. The number of rotatable bonds is 4. The second-order valence-corrected chi connectivity index (χ2v) is 10.0. The minimum Gasteiger partial charge on any atom is -0.369 e. The first-order valence-electron chi connectivity index (χ1n) is 9.28. The molecule has 3 rings (SSSR count). The Morgan fingerprint density at radius 1 is 1.09 bits per heavy atom. The maximum absolute atomic E-state index is 13.1. The zero-order valence-corrected chi connectivity index (χ0v) is 18.5. The summed E-state index contributed by atoms with van der Waals surface area (Å²) in [6, 6.07) is 2.39. The van der Waals surface area contributed by atoms with E-state index in [1.54, 1.807) is 4.90 Å². The number of halogens is 6. The van der Waals surface area contributed by atoms with Crippen LogP contribution < -0.4 is 4.90 Å². The molecule has 2 heterocycles. The van der Waals surface area contributed by atoms with Crippen LogP contribution >= 0.6 is 11.3 Å². The van der Waals surface area contributed by atoms with Crippen molar-refractivity contribution in [3.05, 3.63) is 41.4 Å². The fourth-order valence-electron chi connectivity index (χ4n) is 3.41. The van der Waals surface area contributed by atoms with Crippen LogP contribution in [0.15, 0.2) is 40.2 Å². The Balaban J connectivity index is 1.90. The largest absolute Gasteiger partial charge is 0.430 e. The molecule has 0 saturated carbocycles. The van der Waals surface area contributed by atoms with Crippen molar-refractivity contribution in [1.82, 2.24) is 9.29 Å². The minimum atomic E-state index is -5.99. The van der Waals surface area contributed by atoms with E-state index < -0.39 is 39.6 Å². The molecular weight excluding hydrogens is 496 g/mol. The summed E-state index contributed by atoms with van der Waals surface area (Å²) in [6.07, 6.45) is -10.6. The molecule has 1 atom stereocenters.